The van der Waals surface area contributed by atoms with Gasteiger partial charge in [0.05, 0.1) is 17.1 Å². The van der Waals surface area contributed by atoms with Crippen LogP contribution in [0.2, 0.25) is 0 Å². The van der Waals surface area contributed by atoms with Gasteiger partial charge in [0.1, 0.15) is 5.82 Å². The summed E-state index contributed by atoms with van der Waals surface area (Å²) in [6.45, 7) is 4.11. The molecule has 2 aromatic carbocycles. The van der Waals surface area contributed by atoms with Crippen molar-refractivity contribution in [2.45, 2.75) is 32.6 Å². The first kappa shape index (κ1) is 19.6. The number of piperidine rings is 1. The van der Waals surface area contributed by atoms with Crippen molar-refractivity contribution in [1.82, 2.24) is 4.98 Å². The van der Waals surface area contributed by atoms with Crippen LogP contribution in [0.3, 0.4) is 0 Å². The van der Waals surface area contributed by atoms with Gasteiger partial charge in [-0.3, -0.25) is 4.79 Å². The zero-order chi connectivity index (χ0) is 20.2. The first-order chi connectivity index (χ1) is 14.1. The van der Waals surface area contributed by atoms with E-state index in [0.29, 0.717) is 0 Å². The highest BCUT2D eigenvalue weighted by atomic mass is 32.1. The van der Waals surface area contributed by atoms with E-state index < -0.39 is 0 Å². The number of carbonyl (C=O) groups excluding carboxylic acids is 1. The Bertz CT molecular complexity index is 976. The molecule has 1 N–H and O–H groups in total. The highest BCUT2D eigenvalue weighted by molar-refractivity contribution is 7.12. The summed E-state index contributed by atoms with van der Waals surface area (Å²) in [5.41, 5.74) is 3.58. The van der Waals surface area contributed by atoms with Gasteiger partial charge in [-0.15, -0.1) is 11.3 Å². The lowest BCUT2D eigenvalue weighted by molar-refractivity contribution is -0.115. The smallest absolute Gasteiger partial charge is 0.229 e. The van der Waals surface area contributed by atoms with Crippen molar-refractivity contribution < 1.29 is 9.18 Å². The number of nitrogens with one attached hydrogen (secondary N) is 1. The van der Waals surface area contributed by atoms with Gasteiger partial charge in [-0.1, -0.05) is 0 Å². The average molecular weight is 410 g/mol. The molecule has 29 heavy (non-hydrogen) atoms. The molecule has 1 amide bonds. The molecule has 1 fully saturated rings. The molecular formula is C23H24FN3OS. The minimum absolute atomic E-state index is 0.0808. The molecule has 6 heteroatoms. The Balaban J connectivity index is 1.43. The average Bonchev–Trinajstić information content (AvgIpc) is 3.09. The van der Waals surface area contributed by atoms with Crippen molar-refractivity contribution in [2.75, 3.05) is 23.3 Å². The topological polar surface area (TPSA) is 45.2 Å². The molecule has 1 aliphatic heterocycles. The number of carbonyl (C=O) groups is 1. The minimum atomic E-state index is -0.284. The molecule has 1 aromatic heterocycles. The van der Waals surface area contributed by atoms with Gasteiger partial charge in [0.15, 0.2) is 0 Å². The molecular weight excluding hydrogens is 385 g/mol. The number of halogens is 1. The summed E-state index contributed by atoms with van der Waals surface area (Å²) in [7, 11) is 0. The third kappa shape index (κ3) is 4.82. The summed E-state index contributed by atoms with van der Waals surface area (Å²) < 4.78 is 13.2. The number of hydrogen-bond donors (Lipinski definition) is 1. The molecule has 0 spiro atoms. The van der Waals surface area contributed by atoms with E-state index in [0.717, 1.165) is 39.9 Å². The van der Waals surface area contributed by atoms with Crippen molar-refractivity contribution in [2.24, 2.45) is 0 Å². The lowest BCUT2D eigenvalue weighted by Crippen LogP contribution is -2.29. The fourth-order valence-electron chi connectivity index (χ4n) is 3.68. The predicted molar refractivity (Wildman–Crippen MR) is 117 cm³/mol. The Morgan fingerprint density at radius 2 is 1.76 bits per heavy atom. The number of thiazole rings is 1. The second-order valence-corrected chi connectivity index (χ2v) is 8.62. The fraction of sp³-hybridized carbons (Fsp3) is 0.304. The van der Waals surface area contributed by atoms with Crippen molar-refractivity contribution in [3.63, 3.8) is 0 Å². The third-order valence-electron chi connectivity index (χ3n) is 5.12. The van der Waals surface area contributed by atoms with E-state index in [4.69, 9.17) is 0 Å². The van der Waals surface area contributed by atoms with Crippen molar-refractivity contribution in [3.05, 3.63) is 64.2 Å². The summed E-state index contributed by atoms with van der Waals surface area (Å²) in [6.07, 6.45) is 4.03. The molecule has 1 aliphatic rings. The van der Waals surface area contributed by atoms with Crippen LogP contribution in [0.4, 0.5) is 15.8 Å². The van der Waals surface area contributed by atoms with Crippen LogP contribution >= 0.6 is 11.3 Å². The van der Waals surface area contributed by atoms with Gasteiger partial charge in [-0.05, 0) is 74.7 Å². The van der Waals surface area contributed by atoms with Crippen molar-refractivity contribution >= 4 is 28.6 Å². The van der Waals surface area contributed by atoms with Gasteiger partial charge < -0.3 is 10.2 Å². The summed E-state index contributed by atoms with van der Waals surface area (Å²) in [5, 5.41) is 3.87. The number of aryl methyl sites for hydroxylation is 1. The van der Waals surface area contributed by atoms with Crippen LogP contribution in [0.1, 0.15) is 29.1 Å². The van der Waals surface area contributed by atoms with Gasteiger partial charge in [-0.2, -0.15) is 0 Å². The first-order valence-corrected chi connectivity index (χ1v) is 10.8. The van der Waals surface area contributed by atoms with Gasteiger partial charge in [0, 0.05) is 34.9 Å². The normalized spacial score (nSPS) is 14.1. The van der Waals surface area contributed by atoms with Gasteiger partial charge in [-0.25, -0.2) is 9.37 Å². The first-order valence-electron chi connectivity index (χ1n) is 9.95. The standard InChI is InChI=1S/C23H24FN3OS/c1-16-25-23(17-5-7-18(24)8-6-17)21(29-16)15-22(28)26-19-9-11-20(12-10-19)27-13-3-2-4-14-27/h5-12H,2-4,13-15H2,1H3,(H,26,28). The lowest BCUT2D eigenvalue weighted by atomic mass is 10.1. The molecule has 4 nitrogen and oxygen atoms in total. The molecule has 0 radical (unpaired) electrons. The number of aromatic nitrogens is 1. The van der Waals surface area contributed by atoms with Gasteiger partial charge >= 0.3 is 0 Å². The van der Waals surface area contributed by atoms with Crippen LogP contribution in [0.25, 0.3) is 11.3 Å². The highest BCUT2D eigenvalue weighted by Gasteiger charge is 2.16. The summed E-state index contributed by atoms with van der Waals surface area (Å²) in [4.78, 5) is 20.4. The van der Waals surface area contributed by atoms with Crippen LogP contribution in [0, 0.1) is 12.7 Å². The molecule has 1 saturated heterocycles. The van der Waals surface area contributed by atoms with Crippen LogP contribution < -0.4 is 10.2 Å². The zero-order valence-electron chi connectivity index (χ0n) is 16.5. The van der Waals surface area contributed by atoms with Crippen molar-refractivity contribution in [1.29, 1.82) is 0 Å². The number of benzene rings is 2. The second kappa shape index (κ2) is 8.74. The molecule has 0 unspecified atom stereocenters. The number of amides is 1. The molecule has 0 bridgehead atoms. The van der Waals surface area contributed by atoms with Crippen LogP contribution in [-0.2, 0) is 11.2 Å². The Kier molecular flexibility index (Phi) is 5.90. The van der Waals surface area contributed by atoms with Gasteiger partial charge in [0.2, 0.25) is 5.91 Å². The second-order valence-electron chi connectivity index (χ2n) is 7.33. The zero-order valence-corrected chi connectivity index (χ0v) is 17.3. The van der Waals surface area contributed by atoms with E-state index in [9.17, 15) is 9.18 Å². The van der Waals surface area contributed by atoms with E-state index in [1.54, 1.807) is 12.1 Å². The molecule has 150 valence electrons. The number of anilines is 2. The predicted octanol–water partition coefficient (Wildman–Crippen LogP) is 5.43. The Hall–Kier alpha value is -2.73. The summed E-state index contributed by atoms with van der Waals surface area (Å²) in [5.74, 6) is -0.365. The molecule has 0 saturated carbocycles. The van der Waals surface area contributed by atoms with Crippen LogP contribution in [0.5, 0.6) is 0 Å². The molecule has 3 aromatic rings. The maximum atomic E-state index is 13.2. The summed E-state index contributed by atoms with van der Waals surface area (Å²) >= 11 is 1.50. The Labute approximate surface area is 174 Å². The van der Waals surface area contributed by atoms with E-state index in [-0.39, 0.29) is 18.1 Å². The molecule has 0 aliphatic carbocycles. The van der Waals surface area contributed by atoms with Crippen LogP contribution in [0.15, 0.2) is 48.5 Å². The fourth-order valence-corrected chi connectivity index (χ4v) is 4.64. The number of rotatable bonds is 5. The van der Waals surface area contributed by atoms with Gasteiger partial charge in [0.25, 0.3) is 0 Å². The SMILES string of the molecule is Cc1nc(-c2ccc(F)cc2)c(CC(=O)Nc2ccc(N3CCCCC3)cc2)s1. The van der Waals surface area contributed by atoms with E-state index in [1.807, 2.05) is 19.1 Å². The van der Waals surface area contributed by atoms with Crippen molar-refractivity contribution in [3.8, 4) is 11.3 Å². The maximum absolute atomic E-state index is 13.2. The quantitative estimate of drug-likeness (QED) is 0.611. The molecule has 4 rings (SSSR count). The van der Waals surface area contributed by atoms with E-state index >= 15 is 0 Å². The molecule has 0 atom stereocenters. The van der Waals surface area contributed by atoms with E-state index in [1.165, 1.54) is 48.4 Å². The maximum Gasteiger partial charge on any atom is 0.229 e. The Morgan fingerprint density at radius 1 is 1.07 bits per heavy atom. The molecule has 2 heterocycles. The monoisotopic (exact) mass is 409 g/mol. The highest BCUT2D eigenvalue weighted by Crippen LogP contribution is 2.29. The Morgan fingerprint density at radius 3 is 2.45 bits per heavy atom. The third-order valence-corrected chi connectivity index (χ3v) is 6.09. The lowest BCUT2D eigenvalue weighted by Gasteiger charge is -2.28. The minimum Gasteiger partial charge on any atom is -0.372 e. The number of hydrogen-bond acceptors (Lipinski definition) is 4. The largest absolute Gasteiger partial charge is 0.372 e. The van der Waals surface area contributed by atoms with E-state index in [2.05, 4.69) is 27.3 Å². The number of nitrogens with zero attached hydrogens (tertiary/aromatic N) is 2. The summed E-state index contributed by atoms with van der Waals surface area (Å²) in [6, 6.07) is 14.3. The van der Waals surface area contributed by atoms with Crippen LogP contribution in [-0.4, -0.2) is 24.0 Å².